The van der Waals surface area contributed by atoms with Gasteiger partial charge in [-0.2, -0.15) is 5.10 Å². The van der Waals surface area contributed by atoms with Gasteiger partial charge < -0.3 is 15.4 Å². The zero-order chi connectivity index (χ0) is 31.0. The Bertz CT molecular complexity index is 1910. The van der Waals surface area contributed by atoms with Gasteiger partial charge in [0.1, 0.15) is 11.6 Å². The van der Waals surface area contributed by atoms with Crippen LogP contribution in [0.15, 0.2) is 70.9 Å². The van der Waals surface area contributed by atoms with Crippen LogP contribution in [0.25, 0.3) is 27.5 Å². The van der Waals surface area contributed by atoms with Gasteiger partial charge in [-0.05, 0) is 85.7 Å². The van der Waals surface area contributed by atoms with Crippen molar-refractivity contribution in [2.45, 2.75) is 37.5 Å². The predicted octanol–water partition coefficient (Wildman–Crippen LogP) is 7.15. The summed E-state index contributed by atoms with van der Waals surface area (Å²) in [5, 5.41) is 6.94. The Hall–Kier alpha value is -4.17. The van der Waals surface area contributed by atoms with E-state index in [-0.39, 0.29) is 30.4 Å². The van der Waals surface area contributed by atoms with Gasteiger partial charge in [0, 0.05) is 28.5 Å². The van der Waals surface area contributed by atoms with Crippen molar-refractivity contribution in [1.29, 1.82) is 0 Å². The lowest BCUT2D eigenvalue weighted by molar-refractivity contribution is 0.0520. The summed E-state index contributed by atoms with van der Waals surface area (Å²) in [6.45, 7) is 1.90. The van der Waals surface area contributed by atoms with Gasteiger partial charge in [0.2, 0.25) is 5.13 Å². The van der Waals surface area contributed by atoms with Crippen LogP contribution in [0.2, 0.25) is 0 Å². The molecule has 3 aromatic carbocycles. The van der Waals surface area contributed by atoms with E-state index in [1.807, 2.05) is 0 Å². The number of carbonyl (C=O) groups excluding carboxylic acids is 1. The number of thiazole rings is 1. The SMILES string of the molecule is CCOC(=O)c1csc(-n2nc(-c3ccc(F)c(-c4cccc(F)c4)c3)c(Cc3ccc([SH+](=O)[O-])c(F)c3)c2CC2CC2)n1.N. The van der Waals surface area contributed by atoms with Gasteiger partial charge in [-0.25, -0.2) is 27.6 Å². The predicted molar refractivity (Wildman–Crippen MR) is 165 cm³/mol. The lowest BCUT2D eigenvalue weighted by Crippen LogP contribution is -2.08. The molecule has 1 saturated carbocycles. The molecule has 3 N–H and O–H groups in total. The van der Waals surface area contributed by atoms with Crippen LogP contribution in [0.5, 0.6) is 0 Å². The summed E-state index contributed by atoms with van der Waals surface area (Å²) in [5.41, 5.74) is 3.72. The first-order chi connectivity index (χ1) is 21.2. The van der Waals surface area contributed by atoms with Crippen molar-refractivity contribution >= 4 is 28.4 Å². The Morgan fingerprint density at radius 1 is 1.07 bits per heavy atom. The van der Waals surface area contributed by atoms with E-state index in [1.54, 1.807) is 41.3 Å². The van der Waals surface area contributed by atoms with E-state index in [2.05, 4.69) is 4.98 Å². The summed E-state index contributed by atoms with van der Waals surface area (Å²) in [6, 6.07) is 14.1. The van der Waals surface area contributed by atoms with Crippen LogP contribution >= 0.6 is 11.3 Å². The molecule has 5 aromatic rings. The van der Waals surface area contributed by atoms with Gasteiger partial charge in [0.25, 0.3) is 0 Å². The molecule has 0 radical (unpaired) electrons. The molecule has 0 spiro atoms. The molecule has 0 bridgehead atoms. The molecule has 2 aromatic heterocycles. The van der Waals surface area contributed by atoms with Crippen molar-refractivity contribution in [2.75, 3.05) is 6.61 Å². The first-order valence-corrected chi connectivity index (χ1v) is 16.0. The number of rotatable bonds is 10. The van der Waals surface area contributed by atoms with Crippen molar-refractivity contribution in [3.8, 4) is 27.5 Å². The molecule has 6 rings (SSSR count). The van der Waals surface area contributed by atoms with Crippen LogP contribution < -0.4 is 6.15 Å². The highest BCUT2D eigenvalue weighted by Crippen LogP contribution is 2.39. The molecule has 45 heavy (non-hydrogen) atoms. The number of hydrogen-bond donors (Lipinski definition) is 1. The third kappa shape index (κ3) is 6.91. The van der Waals surface area contributed by atoms with Gasteiger partial charge in [0.05, 0.1) is 29.1 Å². The van der Waals surface area contributed by atoms with E-state index in [1.165, 1.54) is 47.7 Å². The fourth-order valence-corrected chi connectivity index (χ4v) is 6.29. The molecule has 2 heterocycles. The second-order valence-electron chi connectivity index (χ2n) is 10.5. The Kier molecular flexibility index (Phi) is 9.63. The minimum absolute atomic E-state index is 0. The third-order valence-corrected chi connectivity index (χ3v) is 8.96. The second kappa shape index (κ2) is 13.4. The molecule has 1 unspecified atom stereocenters. The van der Waals surface area contributed by atoms with Crippen molar-refractivity contribution in [3.63, 3.8) is 0 Å². The highest BCUT2D eigenvalue weighted by atomic mass is 32.2. The highest BCUT2D eigenvalue weighted by molar-refractivity contribution is 7.79. The zero-order valence-electron chi connectivity index (χ0n) is 24.1. The Balaban J connectivity index is 0.00000400. The number of hydrogen-bond acceptors (Lipinski definition) is 8. The van der Waals surface area contributed by atoms with Gasteiger partial charge >= 0.3 is 5.97 Å². The summed E-state index contributed by atoms with van der Waals surface area (Å²) < 4.78 is 73.6. The van der Waals surface area contributed by atoms with Crippen molar-refractivity contribution in [3.05, 3.63) is 106 Å². The van der Waals surface area contributed by atoms with E-state index in [4.69, 9.17) is 9.84 Å². The van der Waals surface area contributed by atoms with Crippen molar-refractivity contribution in [2.24, 2.45) is 5.92 Å². The fraction of sp³-hybridized carbons (Fsp3) is 0.219. The van der Waals surface area contributed by atoms with Crippen molar-refractivity contribution < 1.29 is 31.5 Å². The molecule has 1 atom stereocenters. The summed E-state index contributed by atoms with van der Waals surface area (Å²) in [4.78, 5) is 16.5. The molecule has 1 fully saturated rings. The van der Waals surface area contributed by atoms with Crippen LogP contribution in [0, 0.1) is 23.4 Å². The maximum atomic E-state index is 15.1. The fourth-order valence-electron chi connectivity index (χ4n) is 5.09. The number of benzene rings is 3. The van der Waals surface area contributed by atoms with Gasteiger partial charge in [-0.1, -0.05) is 18.2 Å². The number of aromatic nitrogens is 3. The van der Waals surface area contributed by atoms with E-state index >= 15 is 4.39 Å². The number of esters is 1. The van der Waals surface area contributed by atoms with Gasteiger partial charge in [-0.15, -0.1) is 15.5 Å². The molecule has 0 aliphatic heterocycles. The number of carbonyl (C=O) groups is 1. The molecular weight excluding hydrogens is 626 g/mol. The zero-order valence-corrected chi connectivity index (χ0v) is 25.8. The minimum Gasteiger partial charge on any atom is -0.612 e. The summed E-state index contributed by atoms with van der Waals surface area (Å²) in [6.07, 6.45) is 2.85. The van der Waals surface area contributed by atoms with Crippen LogP contribution in [0.3, 0.4) is 0 Å². The van der Waals surface area contributed by atoms with Crippen LogP contribution in [-0.4, -0.2) is 31.9 Å². The molecule has 1 aliphatic carbocycles. The Morgan fingerprint density at radius 2 is 1.87 bits per heavy atom. The quantitative estimate of drug-likeness (QED) is 0.0961. The topological polar surface area (TPSA) is 132 Å². The van der Waals surface area contributed by atoms with E-state index in [9.17, 15) is 22.3 Å². The number of nitrogens with zero attached hydrogens (tertiary/aromatic N) is 3. The summed E-state index contributed by atoms with van der Waals surface area (Å²) >= 11 is -1.89. The van der Waals surface area contributed by atoms with Gasteiger partial charge in [-0.3, -0.25) is 0 Å². The van der Waals surface area contributed by atoms with E-state index in [0.717, 1.165) is 24.1 Å². The maximum absolute atomic E-state index is 15.1. The lowest BCUT2D eigenvalue weighted by Gasteiger charge is -2.10. The molecule has 13 heteroatoms. The third-order valence-electron chi connectivity index (χ3n) is 7.39. The largest absolute Gasteiger partial charge is 0.612 e. The van der Waals surface area contributed by atoms with Crippen LogP contribution in [-0.2, 0) is 32.9 Å². The van der Waals surface area contributed by atoms with Crippen LogP contribution in [0.1, 0.15) is 47.1 Å². The number of halogens is 3. The molecule has 0 saturated heterocycles. The Morgan fingerprint density at radius 3 is 2.56 bits per heavy atom. The maximum Gasteiger partial charge on any atom is 0.357 e. The van der Waals surface area contributed by atoms with Crippen LogP contribution in [0.4, 0.5) is 13.2 Å². The average Bonchev–Trinajstić information content (AvgIpc) is 3.56. The first kappa shape index (κ1) is 32.2. The Labute approximate surface area is 263 Å². The van der Waals surface area contributed by atoms with Gasteiger partial charge in [0.15, 0.2) is 16.4 Å². The molecule has 8 nitrogen and oxygen atoms in total. The normalized spacial score (nSPS) is 13.4. The summed E-state index contributed by atoms with van der Waals surface area (Å²) in [7, 11) is 0. The standard InChI is InChI=1S/C32H26F3N3O4S2.H3N/c1-2-42-31(39)27-17-43-32(36-27)38-28(14-18-6-7-18)24(12-19-8-11-29(44(40)41)26(35)13-19)30(37-38)21-9-10-25(34)23(16-21)20-4-3-5-22(33)15-20;/h3-5,8-11,13,15-18,44H,2,6-7,12,14H2,1H3;1H3. The minimum atomic E-state index is -3.10. The molecule has 1 aliphatic rings. The molecule has 0 amide bonds. The second-order valence-corrected chi connectivity index (χ2v) is 12.3. The first-order valence-electron chi connectivity index (χ1n) is 13.9. The average molecular weight is 655 g/mol. The summed E-state index contributed by atoms with van der Waals surface area (Å²) in [5.74, 6) is -2.07. The highest BCUT2D eigenvalue weighted by Gasteiger charge is 2.30. The lowest BCUT2D eigenvalue weighted by atomic mass is 9.95. The number of ether oxygens (including phenoxy) is 1. The smallest absolute Gasteiger partial charge is 0.357 e. The van der Waals surface area contributed by atoms with Crippen molar-refractivity contribution in [1.82, 2.24) is 20.9 Å². The molecular formula is C32H29F3N4O4S2. The van der Waals surface area contributed by atoms with E-state index in [0.29, 0.717) is 39.9 Å². The number of thiol groups is 1. The molecule has 234 valence electrons. The van der Waals surface area contributed by atoms with E-state index < -0.39 is 39.4 Å². The monoisotopic (exact) mass is 654 g/mol.